The first-order valence-corrected chi connectivity index (χ1v) is 8.47. The normalized spacial score (nSPS) is 11.9. The van der Waals surface area contributed by atoms with Crippen molar-refractivity contribution in [2.24, 2.45) is 0 Å². The molecule has 1 aromatic heterocycles. The summed E-state index contributed by atoms with van der Waals surface area (Å²) in [4.78, 5) is 14.0. The summed E-state index contributed by atoms with van der Waals surface area (Å²) < 4.78 is 10.3. The average Bonchev–Trinajstić information content (AvgIpc) is 2.92. The van der Waals surface area contributed by atoms with E-state index >= 15 is 0 Å². The van der Waals surface area contributed by atoms with Gasteiger partial charge in [0.25, 0.3) is 0 Å². The van der Waals surface area contributed by atoms with Crippen LogP contribution in [0.2, 0.25) is 0 Å². The van der Waals surface area contributed by atoms with Crippen LogP contribution in [0.3, 0.4) is 0 Å². The second kappa shape index (κ2) is 8.55. The Labute approximate surface area is 149 Å². The molecule has 1 aromatic carbocycles. The van der Waals surface area contributed by atoms with E-state index in [1.807, 2.05) is 32.9 Å². The Morgan fingerprint density at radius 1 is 1.32 bits per heavy atom. The topological polar surface area (TPSA) is 67.6 Å². The Morgan fingerprint density at radius 2 is 2.00 bits per heavy atom. The number of methoxy groups -OCH3 is 1. The van der Waals surface area contributed by atoms with Crippen LogP contribution in [-0.4, -0.2) is 36.3 Å². The summed E-state index contributed by atoms with van der Waals surface area (Å²) in [6.45, 7) is 6.25. The molecule has 25 heavy (non-hydrogen) atoms. The third-order valence-corrected chi connectivity index (χ3v) is 4.32. The molecule has 0 aliphatic carbocycles. The molecule has 0 aliphatic heterocycles. The van der Waals surface area contributed by atoms with Gasteiger partial charge in [0.15, 0.2) is 0 Å². The fourth-order valence-corrected chi connectivity index (χ4v) is 2.61. The van der Waals surface area contributed by atoms with Gasteiger partial charge >= 0.3 is 6.03 Å². The molecule has 136 valence electrons. The van der Waals surface area contributed by atoms with E-state index < -0.39 is 0 Å². The van der Waals surface area contributed by atoms with Gasteiger partial charge in [-0.2, -0.15) is 0 Å². The molecule has 1 atom stereocenters. The SMILES string of the molecule is COc1ccc(CC[C@@H](C)NC(=O)N(C)Cc2c(C)noc2C)cc1. The molecule has 0 aliphatic rings. The number of aromatic nitrogens is 1. The Hall–Kier alpha value is -2.50. The molecular weight excluding hydrogens is 318 g/mol. The number of nitrogens with zero attached hydrogens (tertiary/aromatic N) is 2. The Kier molecular flexibility index (Phi) is 6.44. The van der Waals surface area contributed by atoms with Crippen LogP contribution in [0.25, 0.3) is 0 Å². The molecule has 2 aromatic rings. The first-order chi connectivity index (χ1) is 11.9. The quantitative estimate of drug-likeness (QED) is 0.834. The van der Waals surface area contributed by atoms with Gasteiger partial charge in [-0.1, -0.05) is 17.3 Å². The summed E-state index contributed by atoms with van der Waals surface area (Å²) in [5, 5.41) is 6.96. The van der Waals surface area contributed by atoms with Gasteiger partial charge in [0, 0.05) is 18.7 Å². The smallest absolute Gasteiger partial charge is 0.317 e. The number of urea groups is 1. The molecule has 0 saturated heterocycles. The van der Waals surface area contributed by atoms with Gasteiger partial charge in [-0.05, 0) is 51.3 Å². The molecule has 0 unspecified atom stereocenters. The van der Waals surface area contributed by atoms with Crippen LogP contribution in [0.15, 0.2) is 28.8 Å². The van der Waals surface area contributed by atoms with Crippen molar-refractivity contribution in [1.29, 1.82) is 0 Å². The fourth-order valence-electron chi connectivity index (χ4n) is 2.61. The second-order valence-electron chi connectivity index (χ2n) is 6.40. The Bertz CT molecular complexity index is 675. The van der Waals surface area contributed by atoms with E-state index in [9.17, 15) is 4.79 Å². The number of hydrogen-bond donors (Lipinski definition) is 1. The number of carbonyl (C=O) groups excluding carboxylic acids is 1. The maximum atomic E-state index is 12.3. The van der Waals surface area contributed by atoms with Crippen molar-refractivity contribution in [1.82, 2.24) is 15.4 Å². The molecule has 0 spiro atoms. The van der Waals surface area contributed by atoms with E-state index in [4.69, 9.17) is 9.26 Å². The fraction of sp³-hybridized carbons (Fsp3) is 0.474. The number of rotatable bonds is 7. The Balaban J connectivity index is 1.80. The minimum absolute atomic E-state index is 0.0849. The number of hydrogen-bond acceptors (Lipinski definition) is 4. The van der Waals surface area contributed by atoms with Crippen LogP contribution in [0, 0.1) is 13.8 Å². The monoisotopic (exact) mass is 345 g/mol. The van der Waals surface area contributed by atoms with Gasteiger partial charge in [-0.15, -0.1) is 0 Å². The molecule has 6 nitrogen and oxygen atoms in total. The number of amides is 2. The highest BCUT2D eigenvalue weighted by atomic mass is 16.5. The molecular formula is C19H27N3O3. The van der Waals surface area contributed by atoms with Crippen LogP contribution >= 0.6 is 0 Å². The predicted octanol–water partition coefficient (Wildman–Crippen LogP) is 3.46. The van der Waals surface area contributed by atoms with Crippen molar-refractivity contribution in [2.75, 3.05) is 14.2 Å². The van der Waals surface area contributed by atoms with E-state index in [0.29, 0.717) is 6.54 Å². The number of benzene rings is 1. The zero-order valence-corrected chi connectivity index (χ0v) is 15.6. The summed E-state index contributed by atoms with van der Waals surface area (Å²) >= 11 is 0. The third kappa shape index (κ3) is 5.24. The van der Waals surface area contributed by atoms with Crippen LogP contribution in [0.1, 0.15) is 35.9 Å². The number of aryl methyl sites for hydroxylation is 3. The minimum Gasteiger partial charge on any atom is -0.497 e. The second-order valence-corrected chi connectivity index (χ2v) is 6.40. The maximum absolute atomic E-state index is 12.3. The minimum atomic E-state index is -0.0952. The number of nitrogens with one attached hydrogen (secondary N) is 1. The molecule has 0 saturated carbocycles. The first kappa shape index (κ1) is 18.8. The van der Waals surface area contributed by atoms with Gasteiger partial charge in [-0.3, -0.25) is 0 Å². The summed E-state index contributed by atoms with van der Waals surface area (Å²) in [6.07, 6.45) is 1.77. The van der Waals surface area contributed by atoms with E-state index in [2.05, 4.69) is 22.6 Å². The van der Waals surface area contributed by atoms with E-state index in [1.165, 1.54) is 5.56 Å². The van der Waals surface area contributed by atoms with Gasteiger partial charge < -0.3 is 19.5 Å². The zero-order valence-electron chi connectivity index (χ0n) is 15.6. The molecule has 1 heterocycles. The van der Waals surface area contributed by atoms with Crippen molar-refractivity contribution in [2.45, 2.75) is 46.2 Å². The van der Waals surface area contributed by atoms with Crippen molar-refractivity contribution in [3.05, 3.63) is 46.8 Å². The molecule has 6 heteroatoms. The first-order valence-electron chi connectivity index (χ1n) is 8.47. The van der Waals surface area contributed by atoms with Gasteiger partial charge in [-0.25, -0.2) is 4.79 Å². The maximum Gasteiger partial charge on any atom is 0.317 e. The Morgan fingerprint density at radius 3 is 2.56 bits per heavy atom. The van der Waals surface area contributed by atoms with E-state index in [1.54, 1.807) is 19.1 Å². The highest BCUT2D eigenvalue weighted by molar-refractivity contribution is 5.74. The van der Waals surface area contributed by atoms with Gasteiger partial charge in [0.05, 0.1) is 19.3 Å². The highest BCUT2D eigenvalue weighted by Crippen LogP contribution is 2.15. The van der Waals surface area contributed by atoms with Gasteiger partial charge in [0.2, 0.25) is 0 Å². The molecule has 0 fully saturated rings. The highest BCUT2D eigenvalue weighted by Gasteiger charge is 2.16. The lowest BCUT2D eigenvalue weighted by molar-refractivity contribution is 0.202. The van der Waals surface area contributed by atoms with Crippen LogP contribution in [0.5, 0.6) is 5.75 Å². The molecule has 0 bridgehead atoms. The zero-order chi connectivity index (χ0) is 18.4. The van der Waals surface area contributed by atoms with Crippen LogP contribution in [-0.2, 0) is 13.0 Å². The lowest BCUT2D eigenvalue weighted by Crippen LogP contribution is -2.41. The average molecular weight is 345 g/mol. The van der Waals surface area contributed by atoms with Crippen molar-refractivity contribution in [3.63, 3.8) is 0 Å². The van der Waals surface area contributed by atoms with Crippen LogP contribution < -0.4 is 10.1 Å². The summed E-state index contributed by atoms with van der Waals surface area (Å²) in [5.74, 6) is 1.61. The van der Waals surface area contributed by atoms with E-state index in [-0.39, 0.29) is 12.1 Å². The predicted molar refractivity (Wildman–Crippen MR) is 96.8 cm³/mol. The molecule has 2 amide bonds. The third-order valence-electron chi connectivity index (χ3n) is 4.32. The summed E-state index contributed by atoms with van der Waals surface area (Å²) in [5.41, 5.74) is 3.01. The lowest BCUT2D eigenvalue weighted by atomic mass is 10.1. The molecule has 2 rings (SSSR count). The lowest BCUT2D eigenvalue weighted by Gasteiger charge is -2.21. The number of ether oxygens (including phenoxy) is 1. The standard InChI is InChI=1S/C19H27N3O3/c1-13(6-7-16-8-10-17(24-5)11-9-16)20-19(23)22(4)12-18-14(2)21-25-15(18)3/h8-11,13H,6-7,12H2,1-5H3,(H,20,23)/t13-/m1/s1. The van der Waals surface area contributed by atoms with Crippen molar-refractivity contribution in [3.8, 4) is 5.75 Å². The van der Waals surface area contributed by atoms with Gasteiger partial charge in [0.1, 0.15) is 11.5 Å². The summed E-state index contributed by atoms with van der Waals surface area (Å²) in [6, 6.07) is 8.00. The van der Waals surface area contributed by atoms with Crippen LogP contribution in [0.4, 0.5) is 4.79 Å². The van der Waals surface area contributed by atoms with E-state index in [0.717, 1.165) is 35.6 Å². The largest absolute Gasteiger partial charge is 0.497 e. The van der Waals surface area contributed by atoms with Crippen molar-refractivity contribution >= 4 is 6.03 Å². The van der Waals surface area contributed by atoms with Crippen molar-refractivity contribution < 1.29 is 14.1 Å². The number of carbonyl (C=O) groups is 1. The molecule has 1 N–H and O–H groups in total. The molecule has 0 radical (unpaired) electrons. The summed E-state index contributed by atoms with van der Waals surface area (Å²) in [7, 11) is 3.43.